The Kier molecular flexibility index (Phi) is 11.3. The zero-order chi connectivity index (χ0) is 22.5. The Balaban J connectivity index is 1.87. The molecule has 0 aromatic rings. The van der Waals surface area contributed by atoms with Crippen LogP contribution in [0, 0.1) is 5.92 Å². The normalized spacial score (nSPS) is 29.1. The van der Waals surface area contributed by atoms with E-state index in [1.807, 2.05) is 43.4 Å². The van der Waals surface area contributed by atoms with Crippen LogP contribution in [-0.2, 0) is 24.1 Å². The highest BCUT2D eigenvalue weighted by Crippen LogP contribution is 2.22. The fourth-order valence-electron chi connectivity index (χ4n) is 3.38. The number of nitrogens with zero attached hydrogens (tertiary/aromatic N) is 1. The van der Waals surface area contributed by atoms with Gasteiger partial charge in [0.15, 0.2) is 0 Å². The SMILES string of the molecule is CC=CC=CC=CCOC1CC(COS(=O)(=O)O)OC(NCN=C2C=CCC(C)C2)C1. The zero-order valence-corrected chi connectivity index (χ0v) is 19.0. The van der Waals surface area contributed by atoms with Gasteiger partial charge in [-0.25, -0.2) is 4.18 Å². The van der Waals surface area contributed by atoms with Gasteiger partial charge < -0.3 is 9.47 Å². The number of hydrogen-bond donors (Lipinski definition) is 2. The van der Waals surface area contributed by atoms with Gasteiger partial charge >= 0.3 is 10.4 Å². The van der Waals surface area contributed by atoms with E-state index in [1.54, 1.807) is 0 Å². The first-order valence-electron chi connectivity index (χ1n) is 10.6. The molecule has 2 rings (SSSR count). The number of hydrogen-bond acceptors (Lipinski definition) is 7. The summed E-state index contributed by atoms with van der Waals surface area (Å²) in [7, 11) is -4.52. The zero-order valence-electron chi connectivity index (χ0n) is 18.2. The molecule has 31 heavy (non-hydrogen) atoms. The first-order chi connectivity index (χ1) is 14.9. The van der Waals surface area contributed by atoms with Gasteiger partial charge in [0.05, 0.1) is 32.1 Å². The van der Waals surface area contributed by atoms with Crippen molar-refractivity contribution in [3.05, 3.63) is 48.6 Å². The molecule has 0 radical (unpaired) electrons. The molecule has 2 aliphatic rings. The minimum atomic E-state index is -4.52. The first-order valence-corrected chi connectivity index (χ1v) is 12.0. The third-order valence-electron chi connectivity index (χ3n) is 4.86. The van der Waals surface area contributed by atoms with Gasteiger partial charge in [-0.2, -0.15) is 8.42 Å². The van der Waals surface area contributed by atoms with Crippen molar-refractivity contribution in [3.63, 3.8) is 0 Å². The third kappa shape index (κ3) is 11.5. The van der Waals surface area contributed by atoms with Crippen LogP contribution in [-0.4, -0.2) is 57.0 Å². The third-order valence-corrected chi connectivity index (χ3v) is 5.29. The van der Waals surface area contributed by atoms with Crippen LogP contribution in [0.2, 0.25) is 0 Å². The molecular weight excluding hydrogens is 420 g/mol. The Morgan fingerprint density at radius 1 is 1.29 bits per heavy atom. The Labute approximate surface area is 185 Å². The van der Waals surface area contributed by atoms with E-state index in [9.17, 15) is 8.42 Å². The van der Waals surface area contributed by atoms with Gasteiger partial charge in [0.25, 0.3) is 0 Å². The van der Waals surface area contributed by atoms with Crippen LogP contribution >= 0.6 is 0 Å². The maximum absolute atomic E-state index is 10.9. The lowest BCUT2D eigenvalue weighted by atomic mass is 9.95. The van der Waals surface area contributed by atoms with Crippen molar-refractivity contribution in [1.82, 2.24) is 5.32 Å². The molecule has 0 saturated carbocycles. The van der Waals surface area contributed by atoms with Crippen molar-refractivity contribution in [1.29, 1.82) is 0 Å². The molecule has 1 saturated heterocycles. The minimum Gasteiger partial charge on any atom is -0.374 e. The van der Waals surface area contributed by atoms with Crippen LogP contribution in [0.15, 0.2) is 53.6 Å². The fourth-order valence-corrected chi connectivity index (χ4v) is 3.71. The molecular formula is C22H34N2O6S. The van der Waals surface area contributed by atoms with E-state index in [0.29, 0.717) is 32.0 Å². The number of rotatable bonds is 11. The standard InChI is InChI=1S/C22H34N2O6S/c1-3-4-5-6-7-8-12-28-20-14-21(16-29-31(25,26)27)30-22(15-20)24-17-23-19-11-9-10-18(2)13-19/h3-9,11,18,20-22,24H,10,12-17H2,1-2H3,(H,25,26,27). The molecule has 1 aliphatic heterocycles. The summed E-state index contributed by atoms with van der Waals surface area (Å²) in [5.74, 6) is 0.593. The summed E-state index contributed by atoms with van der Waals surface area (Å²) in [4.78, 5) is 4.58. The highest BCUT2D eigenvalue weighted by atomic mass is 32.3. The van der Waals surface area contributed by atoms with Crippen molar-refractivity contribution >= 4 is 16.1 Å². The van der Waals surface area contributed by atoms with E-state index < -0.39 is 16.5 Å². The van der Waals surface area contributed by atoms with E-state index >= 15 is 0 Å². The Hall–Kier alpha value is -1.62. The highest BCUT2D eigenvalue weighted by molar-refractivity contribution is 7.80. The molecule has 0 amide bonds. The maximum atomic E-state index is 10.9. The van der Waals surface area contributed by atoms with Crippen LogP contribution < -0.4 is 5.32 Å². The summed E-state index contributed by atoms with van der Waals surface area (Å²) in [5, 5.41) is 3.24. The number of ether oxygens (including phenoxy) is 2. The van der Waals surface area contributed by atoms with Crippen LogP contribution in [0.3, 0.4) is 0 Å². The Bertz CT molecular complexity index is 788. The van der Waals surface area contributed by atoms with Gasteiger partial charge in [-0.3, -0.25) is 14.9 Å². The largest absolute Gasteiger partial charge is 0.397 e. The molecule has 0 aromatic heterocycles. The van der Waals surface area contributed by atoms with Crippen molar-refractivity contribution in [3.8, 4) is 0 Å². The molecule has 0 spiro atoms. The summed E-state index contributed by atoms with van der Waals surface area (Å²) in [5.41, 5.74) is 1.05. The lowest BCUT2D eigenvalue weighted by Crippen LogP contribution is -2.46. The Morgan fingerprint density at radius 3 is 2.84 bits per heavy atom. The van der Waals surface area contributed by atoms with E-state index in [0.717, 1.165) is 18.6 Å². The number of nitrogens with one attached hydrogen (secondary N) is 1. The summed E-state index contributed by atoms with van der Waals surface area (Å²) < 4.78 is 47.0. The molecule has 1 aliphatic carbocycles. The van der Waals surface area contributed by atoms with Crippen LogP contribution in [0.5, 0.6) is 0 Å². The molecule has 0 bridgehead atoms. The van der Waals surface area contributed by atoms with Crippen LogP contribution in [0.25, 0.3) is 0 Å². The first kappa shape index (κ1) is 25.6. The van der Waals surface area contributed by atoms with Crippen molar-refractivity contribution in [2.75, 3.05) is 19.9 Å². The van der Waals surface area contributed by atoms with E-state index in [4.69, 9.17) is 14.0 Å². The number of allylic oxidation sites excluding steroid dienone is 7. The average molecular weight is 455 g/mol. The minimum absolute atomic E-state index is 0.146. The second-order valence-electron chi connectivity index (χ2n) is 7.68. The van der Waals surface area contributed by atoms with E-state index in [1.165, 1.54) is 0 Å². The molecule has 2 N–H and O–H groups in total. The van der Waals surface area contributed by atoms with Crippen LogP contribution in [0.4, 0.5) is 0 Å². The second-order valence-corrected chi connectivity index (χ2v) is 8.77. The highest BCUT2D eigenvalue weighted by Gasteiger charge is 2.31. The van der Waals surface area contributed by atoms with Gasteiger partial charge in [-0.05, 0) is 31.8 Å². The molecule has 4 unspecified atom stereocenters. The molecule has 1 heterocycles. The predicted molar refractivity (Wildman–Crippen MR) is 121 cm³/mol. The topological polar surface area (TPSA) is 106 Å². The van der Waals surface area contributed by atoms with Crippen molar-refractivity contribution in [2.45, 2.75) is 58.0 Å². The van der Waals surface area contributed by atoms with Gasteiger partial charge in [-0.15, -0.1) is 0 Å². The van der Waals surface area contributed by atoms with Crippen LogP contribution in [0.1, 0.15) is 39.5 Å². The molecule has 0 aromatic carbocycles. The fraction of sp³-hybridized carbons (Fsp3) is 0.591. The summed E-state index contributed by atoms with van der Waals surface area (Å²) in [6.45, 7) is 4.70. The average Bonchev–Trinajstić information content (AvgIpc) is 2.71. The molecule has 8 nitrogen and oxygen atoms in total. The second kappa shape index (κ2) is 13.7. The monoisotopic (exact) mass is 454 g/mol. The Morgan fingerprint density at radius 2 is 2.10 bits per heavy atom. The predicted octanol–water partition coefficient (Wildman–Crippen LogP) is 3.36. The lowest BCUT2D eigenvalue weighted by molar-refractivity contribution is -0.132. The van der Waals surface area contributed by atoms with Gasteiger partial charge in [0.2, 0.25) is 0 Å². The quantitative estimate of drug-likeness (QED) is 0.364. The van der Waals surface area contributed by atoms with Gasteiger partial charge in [-0.1, -0.05) is 49.5 Å². The van der Waals surface area contributed by atoms with Crippen molar-refractivity contribution in [2.24, 2.45) is 10.9 Å². The lowest BCUT2D eigenvalue weighted by Gasteiger charge is -2.35. The summed E-state index contributed by atoms with van der Waals surface area (Å²) in [6, 6.07) is 0. The summed E-state index contributed by atoms with van der Waals surface area (Å²) >= 11 is 0. The number of aliphatic imine (C=N–C) groups is 1. The van der Waals surface area contributed by atoms with E-state index in [-0.39, 0.29) is 18.9 Å². The molecule has 4 atom stereocenters. The summed E-state index contributed by atoms with van der Waals surface area (Å²) in [6.07, 6.45) is 17.8. The molecule has 1 fully saturated rings. The molecule has 174 valence electrons. The van der Waals surface area contributed by atoms with Gasteiger partial charge in [0.1, 0.15) is 6.23 Å². The molecule has 9 heteroatoms. The van der Waals surface area contributed by atoms with Crippen molar-refractivity contribution < 1.29 is 26.6 Å². The van der Waals surface area contributed by atoms with Gasteiger partial charge in [0, 0.05) is 18.6 Å². The van der Waals surface area contributed by atoms with E-state index in [2.05, 4.69) is 33.6 Å². The smallest absolute Gasteiger partial charge is 0.374 e. The maximum Gasteiger partial charge on any atom is 0.397 e.